The topological polar surface area (TPSA) is 79.8 Å². The number of nitrogens with one attached hydrogen (secondary N) is 2. The Morgan fingerprint density at radius 3 is 2.86 bits per heavy atom. The number of nitrogens with zero attached hydrogens (tertiary/aromatic N) is 3. The molecule has 0 radical (unpaired) electrons. The van der Waals surface area contributed by atoms with E-state index in [1.54, 1.807) is 0 Å². The van der Waals surface area contributed by atoms with Crippen LogP contribution in [-0.2, 0) is 4.79 Å². The molecule has 1 heterocycles. The normalized spacial score (nSPS) is 10.2. The number of rotatable bonds is 4. The molecule has 1 rings (SSSR count). The van der Waals surface area contributed by atoms with Gasteiger partial charge in [-0.2, -0.15) is 5.10 Å². The zero-order valence-electron chi connectivity index (χ0n) is 8.19. The van der Waals surface area contributed by atoms with E-state index in [0.29, 0.717) is 0 Å². The van der Waals surface area contributed by atoms with Crippen LogP contribution in [0.15, 0.2) is 12.4 Å². The first-order chi connectivity index (χ1) is 6.68. The zero-order valence-corrected chi connectivity index (χ0v) is 8.19. The van der Waals surface area contributed by atoms with E-state index in [-0.39, 0.29) is 24.4 Å². The van der Waals surface area contributed by atoms with Crippen molar-refractivity contribution in [3.63, 3.8) is 0 Å². The number of hydrogen-bond donors (Lipinski definition) is 2. The first kappa shape index (κ1) is 10.5. The Morgan fingerprint density at radius 1 is 1.50 bits per heavy atom. The fourth-order valence-electron chi connectivity index (χ4n) is 0.771. The lowest BCUT2D eigenvalue weighted by Crippen LogP contribution is -2.33. The second kappa shape index (κ2) is 5.23. The van der Waals surface area contributed by atoms with E-state index in [1.165, 1.54) is 12.4 Å². The summed E-state index contributed by atoms with van der Waals surface area (Å²) in [6.07, 6.45) is 2.92. The van der Waals surface area contributed by atoms with Crippen molar-refractivity contribution in [2.24, 2.45) is 0 Å². The van der Waals surface area contributed by atoms with Gasteiger partial charge >= 0.3 is 0 Å². The van der Waals surface area contributed by atoms with Gasteiger partial charge in [-0.1, -0.05) is 13.8 Å². The maximum atomic E-state index is 11.2. The van der Waals surface area contributed by atoms with E-state index >= 15 is 0 Å². The average Bonchev–Trinajstić information content (AvgIpc) is 2.16. The van der Waals surface area contributed by atoms with Crippen LogP contribution in [0, 0.1) is 0 Å². The number of anilines is 1. The van der Waals surface area contributed by atoms with Crippen LogP contribution >= 0.6 is 0 Å². The van der Waals surface area contributed by atoms with Gasteiger partial charge in [0.15, 0.2) is 0 Å². The lowest BCUT2D eigenvalue weighted by Gasteiger charge is -2.06. The Balaban J connectivity index is 2.35. The van der Waals surface area contributed by atoms with Gasteiger partial charge in [0.1, 0.15) is 0 Å². The highest BCUT2D eigenvalue weighted by molar-refractivity contribution is 5.90. The SMILES string of the molecule is CC(C)NCC(=O)Nc1nccnn1. The molecule has 0 aliphatic carbocycles. The molecule has 0 aromatic carbocycles. The van der Waals surface area contributed by atoms with Crippen molar-refractivity contribution in [2.45, 2.75) is 19.9 Å². The molecule has 0 atom stereocenters. The molecule has 76 valence electrons. The molecular formula is C8H13N5O. The molecule has 6 heteroatoms. The Hall–Kier alpha value is -1.56. The summed E-state index contributed by atoms with van der Waals surface area (Å²) >= 11 is 0. The van der Waals surface area contributed by atoms with Crippen molar-refractivity contribution in [2.75, 3.05) is 11.9 Å². The van der Waals surface area contributed by atoms with Crippen LogP contribution in [0.25, 0.3) is 0 Å². The minimum Gasteiger partial charge on any atom is -0.306 e. The van der Waals surface area contributed by atoms with Crippen molar-refractivity contribution >= 4 is 11.9 Å². The first-order valence-electron chi connectivity index (χ1n) is 4.35. The molecule has 1 aromatic rings. The van der Waals surface area contributed by atoms with E-state index < -0.39 is 0 Å². The third-order valence-electron chi connectivity index (χ3n) is 1.40. The van der Waals surface area contributed by atoms with Crippen LogP contribution in [0.3, 0.4) is 0 Å². The van der Waals surface area contributed by atoms with Gasteiger partial charge in [0.25, 0.3) is 0 Å². The molecule has 0 spiro atoms. The molecule has 1 amide bonds. The van der Waals surface area contributed by atoms with E-state index in [0.717, 1.165) is 0 Å². The van der Waals surface area contributed by atoms with Gasteiger partial charge in [-0.05, 0) is 0 Å². The highest BCUT2D eigenvalue weighted by atomic mass is 16.2. The molecule has 0 fully saturated rings. The molecule has 0 aliphatic heterocycles. The van der Waals surface area contributed by atoms with Crippen LogP contribution in [0.2, 0.25) is 0 Å². The fraction of sp³-hybridized carbons (Fsp3) is 0.500. The van der Waals surface area contributed by atoms with Gasteiger partial charge < -0.3 is 5.32 Å². The largest absolute Gasteiger partial charge is 0.306 e. The van der Waals surface area contributed by atoms with E-state index in [1.807, 2.05) is 13.8 Å². The Kier molecular flexibility index (Phi) is 3.93. The molecule has 6 nitrogen and oxygen atoms in total. The summed E-state index contributed by atoms with van der Waals surface area (Å²) in [4.78, 5) is 15.0. The Bertz CT molecular complexity index is 287. The summed E-state index contributed by atoms with van der Waals surface area (Å²) < 4.78 is 0. The van der Waals surface area contributed by atoms with Crippen molar-refractivity contribution in [1.29, 1.82) is 0 Å². The first-order valence-corrected chi connectivity index (χ1v) is 4.35. The number of amides is 1. The summed E-state index contributed by atoms with van der Waals surface area (Å²) in [7, 11) is 0. The quantitative estimate of drug-likeness (QED) is 0.696. The van der Waals surface area contributed by atoms with E-state index in [9.17, 15) is 4.79 Å². The summed E-state index contributed by atoms with van der Waals surface area (Å²) in [6, 6.07) is 0.274. The molecule has 0 saturated heterocycles. The van der Waals surface area contributed by atoms with Gasteiger partial charge in [0, 0.05) is 6.04 Å². The van der Waals surface area contributed by atoms with Crippen molar-refractivity contribution in [3.8, 4) is 0 Å². The summed E-state index contributed by atoms with van der Waals surface area (Å²) in [6.45, 7) is 4.18. The molecular weight excluding hydrogens is 182 g/mol. The predicted octanol–water partition coefficient (Wildman–Crippen LogP) is -0.192. The highest BCUT2D eigenvalue weighted by Gasteiger charge is 2.03. The zero-order chi connectivity index (χ0) is 10.4. The molecule has 0 saturated carbocycles. The molecule has 1 aromatic heterocycles. The summed E-state index contributed by atoms with van der Waals surface area (Å²) in [5, 5.41) is 12.7. The summed E-state index contributed by atoms with van der Waals surface area (Å²) in [5.41, 5.74) is 0. The molecule has 0 bridgehead atoms. The van der Waals surface area contributed by atoms with Crippen LogP contribution in [-0.4, -0.2) is 33.7 Å². The van der Waals surface area contributed by atoms with Crippen LogP contribution in [0.1, 0.15) is 13.8 Å². The molecule has 14 heavy (non-hydrogen) atoms. The van der Waals surface area contributed by atoms with Gasteiger partial charge in [-0.3, -0.25) is 10.1 Å². The molecule has 0 aliphatic rings. The third-order valence-corrected chi connectivity index (χ3v) is 1.40. The van der Waals surface area contributed by atoms with Crippen LogP contribution in [0.5, 0.6) is 0 Å². The Labute approximate surface area is 82.1 Å². The maximum absolute atomic E-state index is 11.2. The minimum absolute atomic E-state index is 0.174. The fourth-order valence-corrected chi connectivity index (χ4v) is 0.771. The molecule has 0 unspecified atom stereocenters. The second-order valence-electron chi connectivity index (χ2n) is 3.05. The second-order valence-corrected chi connectivity index (χ2v) is 3.05. The lowest BCUT2D eigenvalue weighted by atomic mass is 10.4. The highest BCUT2D eigenvalue weighted by Crippen LogP contribution is 1.90. The smallest absolute Gasteiger partial charge is 0.249 e. The van der Waals surface area contributed by atoms with Gasteiger partial charge in [-0.15, -0.1) is 5.10 Å². The minimum atomic E-state index is -0.174. The van der Waals surface area contributed by atoms with Crippen molar-refractivity contribution in [1.82, 2.24) is 20.5 Å². The summed E-state index contributed by atoms with van der Waals surface area (Å²) in [5.74, 6) is 0.0507. The molecule has 2 N–H and O–H groups in total. The Morgan fingerprint density at radius 2 is 2.29 bits per heavy atom. The van der Waals surface area contributed by atoms with Gasteiger partial charge in [-0.25, -0.2) is 4.98 Å². The number of carbonyl (C=O) groups is 1. The number of hydrogen-bond acceptors (Lipinski definition) is 5. The van der Waals surface area contributed by atoms with Gasteiger partial charge in [0.2, 0.25) is 11.9 Å². The average molecular weight is 195 g/mol. The van der Waals surface area contributed by atoms with Gasteiger partial charge in [0.05, 0.1) is 18.9 Å². The van der Waals surface area contributed by atoms with Crippen LogP contribution < -0.4 is 10.6 Å². The van der Waals surface area contributed by atoms with Crippen molar-refractivity contribution < 1.29 is 4.79 Å². The lowest BCUT2D eigenvalue weighted by molar-refractivity contribution is -0.115. The van der Waals surface area contributed by atoms with Crippen molar-refractivity contribution in [3.05, 3.63) is 12.4 Å². The standard InChI is InChI=1S/C8H13N5O/c1-6(2)10-5-7(14)12-8-9-3-4-11-13-8/h3-4,6,10H,5H2,1-2H3,(H,9,12,13,14). The van der Waals surface area contributed by atoms with Crippen LogP contribution in [0.4, 0.5) is 5.95 Å². The third kappa shape index (κ3) is 3.90. The predicted molar refractivity (Wildman–Crippen MR) is 51.6 cm³/mol. The monoisotopic (exact) mass is 195 g/mol. The van der Waals surface area contributed by atoms with E-state index in [2.05, 4.69) is 25.8 Å². The number of carbonyl (C=O) groups excluding carboxylic acids is 1. The van der Waals surface area contributed by atoms with E-state index in [4.69, 9.17) is 0 Å². The number of aromatic nitrogens is 3. The maximum Gasteiger partial charge on any atom is 0.249 e.